The van der Waals surface area contributed by atoms with Crippen LogP contribution in [0.5, 0.6) is 11.5 Å². The van der Waals surface area contributed by atoms with Crippen LogP contribution in [-0.2, 0) is 4.79 Å². The summed E-state index contributed by atoms with van der Waals surface area (Å²) in [5.74, 6) is 1.29. The summed E-state index contributed by atoms with van der Waals surface area (Å²) in [5, 5.41) is 3.08. The van der Waals surface area contributed by atoms with Crippen molar-refractivity contribution in [1.82, 2.24) is 10.2 Å². The van der Waals surface area contributed by atoms with Crippen LogP contribution in [-0.4, -0.2) is 50.6 Å². The maximum absolute atomic E-state index is 13.3. The van der Waals surface area contributed by atoms with Gasteiger partial charge in [-0.1, -0.05) is 38.1 Å². The molecule has 2 aromatic rings. The van der Waals surface area contributed by atoms with E-state index in [9.17, 15) is 9.59 Å². The number of benzene rings is 2. The Hall–Kier alpha value is -3.02. The lowest BCUT2D eigenvalue weighted by Crippen LogP contribution is -2.36. The summed E-state index contributed by atoms with van der Waals surface area (Å²) < 4.78 is 11.0. The highest BCUT2D eigenvalue weighted by atomic mass is 16.5. The minimum atomic E-state index is -0.350. The number of nitrogens with zero attached hydrogens (tertiary/aromatic N) is 1. The van der Waals surface area contributed by atoms with Crippen LogP contribution >= 0.6 is 0 Å². The van der Waals surface area contributed by atoms with Crippen molar-refractivity contribution in [3.8, 4) is 11.5 Å². The maximum Gasteiger partial charge on any atom is 0.254 e. The van der Waals surface area contributed by atoms with Gasteiger partial charge in [0.15, 0.2) is 0 Å². The summed E-state index contributed by atoms with van der Waals surface area (Å²) in [4.78, 5) is 28.3. The topological polar surface area (TPSA) is 67.9 Å². The van der Waals surface area contributed by atoms with Crippen molar-refractivity contribution in [3.05, 3.63) is 59.2 Å². The SMILES string of the molecule is COc1ccc([C@@H]2CN(C(=O)c3ccccc3C)C[C@@H]2C(=O)NCCC(C)C)c(OC)c1. The van der Waals surface area contributed by atoms with Gasteiger partial charge < -0.3 is 19.7 Å². The molecule has 1 aliphatic rings. The zero-order chi connectivity index (χ0) is 23.3. The maximum atomic E-state index is 13.3. The number of hydrogen-bond acceptors (Lipinski definition) is 4. The van der Waals surface area contributed by atoms with Crippen molar-refractivity contribution in [3.63, 3.8) is 0 Å². The molecule has 3 rings (SSSR count). The molecule has 6 heteroatoms. The van der Waals surface area contributed by atoms with Gasteiger partial charge in [0.1, 0.15) is 11.5 Å². The van der Waals surface area contributed by atoms with Crippen LogP contribution in [0.15, 0.2) is 42.5 Å². The molecule has 0 radical (unpaired) electrons. The smallest absolute Gasteiger partial charge is 0.254 e. The molecule has 1 fully saturated rings. The summed E-state index contributed by atoms with van der Waals surface area (Å²) in [6, 6.07) is 13.2. The zero-order valence-corrected chi connectivity index (χ0v) is 19.7. The fraction of sp³-hybridized carbons (Fsp3) is 0.462. The van der Waals surface area contributed by atoms with Gasteiger partial charge in [0.05, 0.1) is 20.1 Å². The summed E-state index contributed by atoms with van der Waals surface area (Å²) >= 11 is 0. The van der Waals surface area contributed by atoms with E-state index in [1.165, 1.54) is 0 Å². The van der Waals surface area contributed by atoms with Gasteiger partial charge in [-0.3, -0.25) is 9.59 Å². The van der Waals surface area contributed by atoms with E-state index in [2.05, 4.69) is 19.2 Å². The molecule has 0 aliphatic carbocycles. The summed E-state index contributed by atoms with van der Waals surface area (Å²) in [5.41, 5.74) is 2.52. The minimum Gasteiger partial charge on any atom is -0.497 e. The Morgan fingerprint density at radius 3 is 2.50 bits per heavy atom. The average molecular weight is 439 g/mol. The van der Waals surface area contributed by atoms with Crippen molar-refractivity contribution in [2.24, 2.45) is 11.8 Å². The van der Waals surface area contributed by atoms with Gasteiger partial charge in [0, 0.05) is 42.7 Å². The van der Waals surface area contributed by atoms with Gasteiger partial charge in [-0.15, -0.1) is 0 Å². The number of nitrogens with one attached hydrogen (secondary N) is 1. The molecule has 2 amide bonds. The number of carbonyl (C=O) groups is 2. The minimum absolute atomic E-state index is 0.0198. The first kappa shape index (κ1) is 23.6. The third-order valence-electron chi connectivity index (χ3n) is 6.18. The van der Waals surface area contributed by atoms with E-state index in [-0.39, 0.29) is 23.7 Å². The third kappa shape index (κ3) is 5.23. The zero-order valence-electron chi connectivity index (χ0n) is 19.7. The molecule has 1 N–H and O–H groups in total. The largest absolute Gasteiger partial charge is 0.497 e. The van der Waals surface area contributed by atoms with Crippen LogP contribution in [0.4, 0.5) is 0 Å². The van der Waals surface area contributed by atoms with Gasteiger partial charge in [-0.05, 0) is 37.0 Å². The summed E-state index contributed by atoms with van der Waals surface area (Å²) in [7, 11) is 3.22. The second-order valence-corrected chi connectivity index (χ2v) is 8.82. The predicted molar refractivity (Wildman–Crippen MR) is 125 cm³/mol. The second-order valence-electron chi connectivity index (χ2n) is 8.82. The Morgan fingerprint density at radius 1 is 1.09 bits per heavy atom. The van der Waals surface area contributed by atoms with E-state index in [1.54, 1.807) is 19.1 Å². The lowest BCUT2D eigenvalue weighted by molar-refractivity contribution is -0.124. The number of hydrogen-bond donors (Lipinski definition) is 1. The first-order valence-electron chi connectivity index (χ1n) is 11.2. The van der Waals surface area contributed by atoms with Crippen LogP contribution in [0.25, 0.3) is 0 Å². The second kappa shape index (κ2) is 10.5. The summed E-state index contributed by atoms with van der Waals surface area (Å²) in [6.07, 6.45) is 0.917. The lowest BCUT2D eigenvalue weighted by Gasteiger charge is -2.21. The average Bonchev–Trinajstić information content (AvgIpc) is 3.23. The Labute approximate surface area is 190 Å². The molecule has 0 bridgehead atoms. The van der Waals surface area contributed by atoms with E-state index in [4.69, 9.17) is 9.47 Å². The van der Waals surface area contributed by atoms with Gasteiger partial charge in [-0.2, -0.15) is 0 Å². The number of carbonyl (C=O) groups excluding carboxylic acids is 2. The molecule has 172 valence electrons. The number of rotatable bonds is 8. The van der Waals surface area contributed by atoms with E-state index in [0.29, 0.717) is 42.6 Å². The molecule has 0 spiro atoms. The molecule has 1 saturated heterocycles. The molecule has 1 aliphatic heterocycles. The van der Waals surface area contributed by atoms with Gasteiger partial charge in [0.25, 0.3) is 5.91 Å². The number of ether oxygens (including phenoxy) is 2. The van der Waals surface area contributed by atoms with Crippen molar-refractivity contribution in [2.45, 2.75) is 33.1 Å². The number of likely N-dealkylation sites (tertiary alicyclic amines) is 1. The molecule has 6 nitrogen and oxygen atoms in total. The van der Waals surface area contributed by atoms with Crippen LogP contribution < -0.4 is 14.8 Å². The fourth-order valence-corrected chi connectivity index (χ4v) is 4.27. The predicted octanol–water partition coefficient (Wildman–Crippen LogP) is 4.03. The quantitative estimate of drug-likeness (QED) is 0.676. The van der Waals surface area contributed by atoms with E-state index in [1.807, 2.05) is 49.4 Å². The first-order valence-corrected chi connectivity index (χ1v) is 11.2. The number of aryl methyl sites for hydroxylation is 1. The highest BCUT2D eigenvalue weighted by Gasteiger charge is 2.41. The number of amides is 2. The van der Waals surface area contributed by atoms with Crippen LogP contribution in [0, 0.1) is 18.8 Å². The standard InChI is InChI=1S/C26H34N2O4/c1-17(2)12-13-27-25(29)23-16-28(26(30)20-9-7-6-8-18(20)3)15-22(23)21-11-10-19(31-4)14-24(21)32-5/h6-11,14,17,22-23H,12-13,15-16H2,1-5H3,(H,27,29)/t22-,23-/m0/s1. The molecule has 0 unspecified atom stereocenters. The molecule has 2 aromatic carbocycles. The number of methoxy groups -OCH3 is 2. The molecule has 2 atom stereocenters. The highest BCUT2D eigenvalue weighted by molar-refractivity contribution is 5.96. The van der Waals surface area contributed by atoms with Crippen LogP contribution in [0.2, 0.25) is 0 Å². The Balaban J connectivity index is 1.90. The first-order chi connectivity index (χ1) is 15.3. The lowest BCUT2D eigenvalue weighted by atomic mass is 9.87. The Kier molecular flexibility index (Phi) is 7.78. The van der Waals surface area contributed by atoms with E-state index in [0.717, 1.165) is 17.5 Å². The highest BCUT2D eigenvalue weighted by Crippen LogP contribution is 2.39. The van der Waals surface area contributed by atoms with Crippen molar-refractivity contribution in [2.75, 3.05) is 33.9 Å². The normalized spacial score (nSPS) is 18.0. The van der Waals surface area contributed by atoms with Crippen LogP contribution in [0.1, 0.15) is 47.7 Å². The van der Waals surface area contributed by atoms with Crippen molar-refractivity contribution in [1.29, 1.82) is 0 Å². The van der Waals surface area contributed by atoms with Gasteiger partial charge in [0.2, 0.25) is 5.91 Å². The van der Waals surface area contributed by atoms with Gasteiger partial charge >= 0.3 is 0 Å². The molecule has 0 aromatic heterocycles. The van der Waals surface area contributed by atoms with Crippen molar-refractivity contribution < 1.29 is 19.1 Å². The molecular weight excluding hydrogens is 404 g/mol. The third-order valence-corrected chi connectivity index (χ3v) is 6.18. The Bertz CT molecular complexity index is 957. The van der Waals surface area contributed by atoms with Crippen molar-refractivity contribution >= 4 is 11.8 Å². The molecule has 1 heterocycles. The monoisotopic (exact) mass is 438 g/mol. The van der Waals surface area contributed by atoms with Gasteiger partial charge in [-0.25, -0.2) is 0 Å². The van der Waals surface area contributed by atoms with E-state index >= 15 is 0 Å². The van der Waals surface area contributed by atoms with Crippen LogP contribution in [0.3, 0.4) is 0 Å². The fourth-order valence-electron chi connectivity index (χ4n) is 4.27. The molecule has 0 saturated carbocycles. The molecule has 32 heavy (non-hydrogen) atoms. The van der Waals surface area contributed by atoms with E-state index < -0.39 is 0 Å². The Morgan fingerprint density at radius 2 is 1.84 bits per heavy atom. The molecular formula is C26H34N2O4. The summed E-state index contributed by atoms with van der Waals surface area (Å²) in [6.45, 7) is 7.66.